The summed E-state index contributed by atoms with van der Waals surface area (Å²) in [5, 5.41) is 0. The summed E-state index contributed by atoms with van der Waals surface area (Å²) in [5.74, 6) is 0.438. The van der Waals surface area contributed by atoms with Crippen LogP contribution in [0.25, 0.3) is 0 Å². The van der Waals surface area contributed by atoms with Crippen LogP contribution in [0.1, 0.15) is 28.7 Å². The van der Waals surface area contributed by atoms with E-state index < -0.39 is 0 Å². The number of aryl methyl sites for hydroxylation is 1. The van der Waals surface area contributed by atoms with E-state index in [1.165, 1.54) is 5.56 Å². The van der Waals surface area contributed by atoms with Crippen molar-refractivity contribution in [3.05, 3.63) is 29.8 Å². The van der Waals surface area contributed by atoms with Gasteiger partial charge in [0.15, 0.2) is 0 Å². The Morgan fingerprint density at radius 2 is 1.86 bits per heavy atom. The summed E-state index contributed by atoms with van der Waals surface area (Å²) in [6.07, 6.45) is 1.41. The number of ether oxygens (including phenoxy) is 1. The second kappa shape index (κ2) is 7.27. The van der Waals surface area contributed by atoms with Crippen LogP contribution < -0.4 is 4.74 Å². The largest absolute Gasteiger partial charge is 2.00 e. The monoisotopic (exact) mass is 220 g/mol. The molecule has 0 radical (unpaired) electrons. The molecule has 0 amide bonds. The van der Waals surface area contributed by atoms with E-state index >= 15 is 0 Å². The molecule has 0 N–H and O–H groups in total. The molecule has 2 nitrogen and oxygen atoms in total. The molecular formula is C11H16CaO2. The molecule has 74 valence electrons. The van der Waals surface area contributed by atoms with Crippen LogP contribution in [0.2, 0.25) is 0 Å². The van der Waals surface area contributed by atoms with Crippen LogP contribution in [-0.4, -0.2) is 43.7 Å². The molecule has 14 heavy (non-hydrogen) atoms. The zero-order chi connectivity index (χ0) is 9.68. The minimum atomic E-state index is -0.191. The summed E-state index contributed by atoms with van der Waals surface area (Å²) >= 11 is 0. The summed E-state index contributed by atoms with van der Waals surface area (Å²) < 4.78 is 5.02. The molecule has 0 fully saturated rings. The van der Waals surface area contributed by atoms with Crippen molar-refractivity contribution in [3.8, 4) is 5.75 Å². The predicted octanol–water partition coefficient (Wildman–Crippen LogP) is 2.41. The summed E-state index contributed by atoms with van der Waals surface area (Å²) in [7, 11) is 0. The molecule has 1 aromatic rings. The van der Waals surface area contributed by atoms with Crippen LogP contribution in [-0.2, 0) is 11.2 Å². The molecule has 0 atom stereocenters. The average molecular weight is 220 g/mol. The third kappa shape index (κ3) is 4.45. The molecule has 0 heterocycles. The normalized spacial score (nSPS) is 9.00. The Labute approximate surface area is 118 Å². The number of esters is 1. The molecule has 0 bridgehead atoms. The molecule has 0 aliphatic carbocycles. The summed E-state index contributed by atoms with van der Waals surface area (Å²) in [4.78, 5) is 10.9. The second-order valence-corrected chi connectivity index (χ2v) is 2.83. The van der Waals surface area contributed by atoms with Gasteiger partial charge in [-0.15, -0.1) is 0 Å². The third-order valence-electron chi connectivity index (χ3n) is 1.85. The van der Waals surface area contributed by atoms with Crippen LogP contribution in [0.4, 0.5) is 0 Å². The van der Waals surface area contributed by atoms with Gasteiger partial charge in [0.25, 0.3) is 0 Å². The first-order chi connectivity index (χ1) is 6.26. The fraction of sp³-hybridized carbons (Fsp3) is 0.364. The summed E-state index contributed by atoms with van der Waals surface area (Å²) in [5.41, 5.74) is 1.25. The smallest absolute Gasteiger partial charge is 1.00 e. The summed E-state index contributed by atoms with van der Waals surface area (Å²) in [6.45, 7) is 3.87. The minimum absolute atomic E-state index is 0. The fourth-order valence-corrected chi connectivity index (χ4v) is 0.997. The molecule has 0 aliphatic heterocycles. The average Bonchev–Trinajstić information content (AvgIpc) is 2.19. The van der Waals surface area contributed by atoms with E-state index in [-0.39, 0.29) is 46.6 Å². The van der Waals surface area contributed by atoms with E-state index in [4.69, 9.17) is 4.74 Å². The third-order valence-corrected chi connectivity index (χ3v) is 1.85. The van der Waals surface area contributed by atoms with Crippen LogP contribution >= 0.6 is 0 Å². The van der Waals surface area contributed by atoms with Gasteiger partial charge in [-0.1, -0.05) is 26.0 Å². The molecule has 0 saturated heterocycles. The van der Waals surface area contributed by atoms with Crippen molar-refractivity contribution in [2.45, 2.75) is 26.7 Å². The maximum Gasteiger partial charge on any atom is 2.00 e. The van der Waals surface area contributed by atoms with E-state index in [1.54, 1.807) is 6.92 Å². The minimum Gasteiger partial charge on any atom is -1.00 e. The van der Waals surface area contributed by atoms with E-state index in [1.807, 2.05) is 24.3 Å². The van der Waals surface area contributed by atoms with Crippen molar-refractivity contribution in [1.82, 2.24) is 0 Å². The van der Waals surface area contributed by atoms with Gasteiger partial charge in [0, 0.05) is 6.42 Å². The van der Waals surface area contributed by atoms with Crippen molar-refractivity contribution in [2.24, 2.45) is 0 Å². The van der Waals surface area contributed by atoms with Crippen molar-refractivity contribution in [3.63, 3.8) is 0 Å². The molecule has 1 rings (SSSR count). The van der Waals surface area contributed by atoms with Crippen LogP contribution in [0, 0.1) is 0 Å². The van der Waals surface area contributed by atoms with Gasteiger partial charge in [0.05, 0.1) is 0 Å². The van der Waals surface area contributed by atoms with Gasteiger partial charge in [0.2, 0.25) is 0 Å². The standard InChI is InChI=1S/C11H14O2.Ca.2H/c1-3-9-5-7-10(8-6-9)13-11(12)4-2;;;/h5-8H,3-4H2,1-2H3;;;/q;+2;2*-1. The van der Waals surface area contributed by atoms with Crippen LogP contribution in [0.3, 0.4) is 0 Å². The Kier molecular flexibility index (Phi) is 7.24. The van der Waals surface area contributed by atoms with Gasteiger partial charge in [-0.2, -0.15) is 0 Å². The molecule has 3 heteroatoms. The topological polar surface area (TPSA) is 26.3 Å². The number of rotatable bonds is 3. The Balaban J connectivity index is -0.000000563. The molecule has 0 aliphatic rings. The van der Waals surface area contributed by atoms with Crippen molar-refractivity contribution < 1.29 is 12.4 Å². The Morgan fingerprint density at radius 1 is 1.29 bits per heavy atom. The van der Waals surface area contributed by atoms with Gasteiger partial charge in [0.1, 0.15) is 5.75 Å². The van der Waals surface area contributed by atoms with Crippen LogP contribution in [0.5, 0.6) is 5.75 Å². The SMILES string of the molecule is CCC(=O)Oc1ccc(CC)cc1.[Ca+2].[H-].[H-]. The number of carbonyl (C=O) groups is 1. The zero-order valence-corrected chi connectivity index (χ0v) is 11.0. The molecule has 1 aromatic carbocycles. The first kappa shape index (κ1) is 13.9. The maximum absolute atomic E-state index is 10.9. The van der Waals surface area contributed by atoms with Gasteiger partial charge >= 0.3 is 43.7 Å². The van der Waals surface area contributed by atoms with Gasteiger partial charge < -0.3 is 7.59 Å². The molecule has 0 aromatic heterocycles. The van der Waals surface area contributed by atoms with Crippen molar-refractivity contribution >= 4 is 43.7 Å². The predicted molar refractivity (Wildman–Crippen MR) is 59.7 cm³/mol. The Hall–Kier alpha value is -0.0503. The van der Waals surface area contributed by atoms with E-state index in [9.17, 15) is 4.79 Å². The first-order valence-corrected chi connectivity index (χ1v) is 4.56. The van der Waals surface area contributed by atoms with E-state index in [0.717, 1.165) is 6.42 Å². The van der Waals surface area contributed by atoms with Crippen LogP contribution in [0.15, 0.2) is 24.3 Å². The number of carbonyl (C=O) groups excluding carboxylic acids is 1. The molecule has 0 saturated carbocycles. The zero-order valence-electron chi connectivity index (χ0n) is 10.7. The van der Waals surface area contributed by atoms with Crippen molar-refractivity contribution in [1.29, 1.82) is 0 Å². The number of benzene rings is 1. The molecular weight excluding hydrogens is 204 g/mol. The fourth-order valence-electron chi connectivity index (χ4n) is 0.997. The number of hydrogen-bond donors (Lipinski definition) is 0. The second-order valence-electron chi connectivity index (χ2n) is 2.83. The Bertz CT molecular complexity index is 289. The van der Waals surface area contributed by atoms with E-state index in [2.05, 4.69) is 6.92 Å². The Morgan fingerprint density at radius 3 is 2.29 bits per heavy atom. The summed E-state index contributed by atoms with van der Waals surface area (Å²) in [6, 6.07) is 7.59. The van der Waals surface area contributed by atoms with Crippen molar-refractivity contribution in [2.75, 3.05) is 0 Å². The van der Waals surface area contributed by atoms with Gasteiger partial charge in [-0.25, -0.2) is 0 Å². The first-order valence-electron chi connectivity index (χ1n) is 4.56. The molecule has 0 unspecified atom stereocenters. The van der Waals surface area contributed by atoms with Gasteiger partial charge in [-0.3, -0.25) is 4.79 Å². The molecule has 0 spiro atoms. The maximum atomic E-state index is 10.9. The van der Waals surface area contributed by atoms with E-state index in [0.29, 0.717) is 12.2 Å². The number of hydrogen-bond acceptors (Lipinski definition) is 2. The van der Waals surface area contributed by atoms with Gasteiger partial charge in [-0.05, 0) is 24.1 Å². The quantitative estimate of drug-likeness (QED) is 0.444.